The lowest BCUT2D eigenvalue weighted by atomic mass is 9.89. The van der Waals surface area contributed by atoms with Crippen LogP contribution in [-0.2, 0) is 0 Å². The van der Waals surface area contributed by atoms with Crippen molar-refractivity contribution in [3.8, 4) is 5.75 Å². The molecule has 0 aromatic heterocycles. The minimum Gasteiger partial charge on any atom is -0.496 e. The number of likely N-dealkylation sites (tertiary alicyclic amines) is 1. The fourth-order valence-corrected chi connectivity index (χ4v) is 4.48. The van der Waals surface area contributed by atoms with Crippen LogP contribution in [0.2, 0.25) is 5.02 Å². The van der Waals surface area contributed by atoms with Crippen molar-refractivity contribution in [2.75, 3.05) is 45.6 Å². The quantitative estimate of drug-likeness (QED) is 0.459. The number of Topliss-reactive ketones (excluding diaryl/α,β-unsaturated/α-hetero) is 1. The molecular weight excluding hydrogens is 433 g/mol. The number of rotatable bonds is 7. The third-order valence-electron chi connectivity index (χ3n) is 6.08. The van der Waals surface area contributed by atoms with Crippen LogP contribution >= 0.6 is 36.4 Å². The van der Waals surface area contributed by atoms with Crippen LogP contribution in [0, 0.1) is 11.8 Å². The van der Waals surface area contributed by atoms with Gasteiger partial charge in [-0.3, -0.25) is 4.79 Å². The van der Waals surface area contributed by atoms with Crippen molar-refractivity contribution in [2.24, 2.45) is 11.8 Å². The lowest BCUT2D eigenvalue weighted by Gasteiger charge is -2.35. The van der Waals surface area contributed by atoms with Crippen molar-refractivity contribution in [3.63, 3.8) is 0 Å². The molecule has 0 radical (unpaired) electrons. The Labute approximate surface area is 191 Å². The van der Waals surface area contributed by atoms with Crippen molar-refractivity contribution in [3.05, 3.63) is 22.7 Å². The molecule has 5 nitrogen and oxygen atoms in total. The zero-order valence-corrected chi connectivity index (χ0v) is 19.5. The molecule has 0 bridgehead atoms. The molecule has 0 atom stereocenters. The number of anilines is 1. The predicted molar refractivity (Wildman–Crippen MR) is 125 cm³/mol. The maximum absolute atomic E-state index is 12.7. The van der Waals surface area contributed by atoms with E-state index in [4.69, 9.17) is 22.1 Å². The van der Waals surface area contributed by atoms with E-state index in [-0.39, 0.29) is 30.6 Å². The van der Waals surface area contributed by atoms with Crippen LogP contribution in [0.25, 0.3) is 0 Å². The zero-order valence-electron chi connectivity index (χ0n) is 17.1. The number of carbonyl (C=O) groups excluding carboxylic acids is 1. The van der Waals surface area contributed by atoms with E-state index in [0.717, 1.165) is 12.3 Å². The van der Waals surface area contributed by atoms with Gasteiger partial charge in [0.25, 0.3) is 0 Å². The molecule has 166 valence electrons. The van der Waals surface area contributed by atoms with Gasteiger partial charge in [0.05, 0.1) is 23.4 Å². The van der Waals surface area contributed by atoms with E-state index in [1.165, 1.54) is 58.4 Å². The summed E-state index contributed by atoms with van der Waals surface area (Å²) >= 11 is 6.09. The number of benzene rings is 1. The molecule has 3 rings (SSSR count). The molecule has 29 heavy (non-hydrogen) atoms. The summed E-state index contributed by atoms with van der Waals surface area (Å²) in [5, 5.41) is 3.85. The molecular formula is C21H34Cl3N3O2. The normalized spacial score (nSPS) is 18.6. The number of halogens is 3. The largest absolute Gasteiger partial charge is 0.496 e. The Hall–Kier alpha value is -0.720. The number of nitrogens with zero attached hydrogens (tertiary/aromatic N) is 1. The van der Waals surface area contributed by atoms with Crippen LogP contribution < -0.4 is 15.8 Å². The first-order chi connectivity index (χ1) is 13.1. The monoisotopic (exact) mass is 465 g/mol. The number of carbonyl (C=O) groups is 1. The second kappa shape index (κ2) is 12.9. The molecule has 2 saturated heterocycles. The fraction of sp³-hybridized carbons (Fsp3) is 0.667. The molecule has 2 aliphatic heterocycles. The summed E-state index contributed by atoms with van der Waals surface area (Å²) in [6.07, 6.45) is 6.47. The smallest absolute Gasteiger partial charge is 0.166 e. The van der Waals surface area contributed by atoms with E-state index in [1.807, 2.05) is 0 Å². The summed E-state index contributed by atoms with van der Waals surface area (Å²) in [6, 6.07) is 3.27. The average molecular weight is 467 g/mol. The molecule has 2 heterocycles. The van der Waals surface area contributed by atoms with Crippen LogP contribution in [-0.4, -0.2) is 50.5 Å². The van der Waals surface area contributed by atoms with Crippen molar-refractivity contribution in [1.29, 1.82) is 0 Å². The van der Waals surface area contributed by atoms with Gasteiger partial charge in [0, 0.05) is 19.0 Å². The van der Waals surface area contributed by atoms with Crippen LogP contribution in [0.4, 0.5) is 5.69 Å². The number of methoxy groups -OCH3 is 1. The Bertz CT molecular complexity index is 646. The molecule has 0 aliphatic carbocycles. The molecule has 2 fully saturated rings. The predicted octanol–water partition coefficient (Wildman–Crippen LogP) is 4.45. The molecule has 0 spiro atoms. The van der Waals surface area contributed by atoms with Crippen molar-refractivity contribution < 1.29 is 9.53 Å². The molecule has 0 saturated carbocycles. The van der Waals surface area contributed by atoms with Gasteiger partial charge in [0.2, 0.25) is 0 Å². The van der Waals surface area contributed by atoms with Gasteiger partial charge in [-0.15, -0.1) is 24.8 Å². The number of piperidine rings is 2. The molecule has 2 aliphatic rings. The average Bonchev–Trinajstić information content (AvgIpc) is 2.69. The highest BCUT2D eigenvalue weighted by molar-refractivity contribution is 6.33. The van der Waals surface area contributed by atoms with Gasteiger partial charge in [0.1, 0.15) is 5.75 Å². The number of nitrogens with one attached hydrogen (secondary N) is 1. The topological polar surface area (TPSA) is 67.6 Å². The van der Waals surface area contributed by atoms with Gasteiger partial charge in [-0.05, 0) is 76.2 Å². The summed E-state index contributed by atoms with van der Waals surface area (Å²) < 4.78 is 5.31. The van der Waals surface area contributed by atoms with Crippen molar-refractivity contribution >= 4 is 47.9 Å². The molecule has 0 unspecified atom stereocenters. The van der Waals surface area contributed by atoms with Crippen LogP contribution in [0.1, 0.15) is 48.9 Å². The fourth-order valence-electron chi connectivity index (χ4n) is 4.31. The number of nitrogen functional groups attached to an aromatic ring is 1. The number of nitrogens with two attached hydrogens (primary N) is 1. The summed E-state index contributed by atoms with van der Waals surface area (Å²) in [6.45, 7) is 5.91. The van der Waals surface area contributed by atoms with E-state index < -0.39 is 0 Å². The Morgan fingerprint density at radius 1 is 1.17 bits per heavy atom. The van der Waals surface area contributed by atoms with Gasteiger partial charge in [-0.25, -0.2) is 0 Å². The Morgan fingerprint density at radius 2 is 1.83 bits per heavy atom. The van der Waals surface area contributed by atoms with E-state index in [1.54, 1.807) is 19.2 Å². The summed E-state index contributed by atoms with van der Waals surface area (Å²) in [5.74, 6) is 2.09. The Kier molecular flexibility index (Phi) is 11.7. The summed E-state index contributed by atoms with van der Waals surface area (Å²) in [5.41, 5.74) is 6.78. The van der Waals surface area contributed by atoms with Gasteiger partial charge in [-0.2, -0.15) is 0 Å². The van der Waals surface area contributed by atoms with Crippen LogP contribution in [0.5, 0.6) is 5.75 Å². The van der Waals surface area contributed by atoms with Crippen molar-refractivity contribution in [1.82, 2.24) is 10.2 Å². The summed E-state index contributed by atoms with van der Waals surface area (Å²) in [7, 11) is 1.55. The minimum absolute atomic E-state index is 0. The highest BCUT2D eigenvalue weighted by atomic mass is 35.5. The maximum atomic E-state index is 12.7. The van der Waals surface area contributed by atoms with Gasteiger partial charge in [0.15, 0.2) is 5.78 Å². The molecule has 1 aromatic rings. The maximum Gasteiger partial charge on any atom is 0.166 e. The van der Waals surface area contributed by atoms with Crippen LogP contribution in [0.15, 0.2) is 12.1 Å². The first-order valence-electron chi connectivity index (χ1n) is 10.2. The van der Waals surface area contributed by atoms with Crippen LogP contribution in [0.3, 0.4) is 0 Å². The lowest BCUT2D eigenvalue weighted by molar-refractivity contribution is 0.0954. The SMILES string of the molecule is COc1cc(N)c(Cl)cc1C(=O)CCC1CCN(CC2CCNCC2)CC1.Cl.Cl. The number of hydrogen-bond donors (Lipinski definition) is 2. The van der Waals surface area contributed by atoms with E-state index in [2.05, 4.69) is 10.2 Å². The highest BCUT2D eigenvalue weighted by Crippen LogP contribution is 2.31. The first-order valence-corrected chi connectivity index (χ1v) is 10.5. The number of ether oxygens (including phenoxy) is 1. The highest BCUT2D eigenvalue weighted by Gasteiger charge is 2.24. The second-order valence-corrected chi connectivity index (χ2v) is 8.38. The van der Waals surface area contributed by atoms with Gasteiger partial charge < -0.3 is 20.7 Å². The second-order valence-electron chi connectivity index (χ2n) is 7.97. The molecule has 0 amide bonds. The lowest BCUT2D eigenvalue weighted by Crippen LogP contribution is -2.40. The Morgan fingerprint density at radius 3 is 2.45 bits per heavy atom. The standard InChI is InChI=1S/C21H32ClN3O2.2ClH/c1-27-21-13-19(23)18(22)12-17(21)20(26)3-2-15-6-10-25(11-7-15)14-16-4-8-24-9-5-16;;/h12-13,15-16,24H,2-11,14,23H2,1H3;2*1H. The van der Waals surface area contributed by atoms with Gasteiger partial charge in [-0.1, -0.05) is 11.6 Å². The zero-order chi connectivity index (χ0) is 19.2. The number of ketones is 1. The third-order valence-corrected chi connectivity index (χ3v) is 6.41. The van der Waals surface area contributed by atoms with Gasteiger partial charge >= 0.3 is 0 Å². The molecule has 8 heteroatoms. The van der Waals surface area contributed by atoms with E-state index >= 15 is 0 Å². The van der Waals surface area contributed by atoms with E-state index in [9.17, 15) is 4.79 Å². The number of hydrogen-bond acceptors (Lipinski definition) is 5. The Balaban J connectivity index is 0.00000210. The summed E-state index contributed by atoms with van der Waals surface area (Å²) in [4.78, 5) is 15.3. The van der Waals surface area contributed by atoms with E-state index in [0.29, 0.717) is 34.4 Å². The third kappa shape index (κ3) is 7.48. The molecule has 3 N–H and O–H groups in total. The molecule has 1 aromatic carbocycles. The minimum atomic E-state index is 0. The van der Waals surface area contributed by atoms with Crippen molar-refractivity contribution in [2.45, 2.75) is 38.5 Å². The first kappa shape index (κ1) is 26.3.